The first-order valence-corrected chi connectivity index (χ1v) is 6.62. The van der Waals surface area contributed by atoms with Crippen LogP contribution in [-0.2, 0) is 11.2 Å². The number of nitrogens with one attached hydrogen (secondary N) is 1. The van der Waals surface area contributed by atoms with Crippen LogP contribution >= 0.6 is 0 Å². The molecule has 0 saturated heterocycles. The highest BCUT2D eigenvalue weighted by molar-refractivity contribution is 5.95. The van der Waals surface area contributed by atoms with Crippen LogP contribution < -0.4 is 10.2 Å². The van der Waals surface area contributed by atoms with Crippen LogP contribution in [0.5, 0.6) is 0 Å². The molecule has 1 aromatic carbocycles. The highest BCUT2D eigenvalue weighted by atomic mass is 16.5. The van der Waals surface area contributed by atoms with Gasteiger partial charge >= 0.3 is 12.0 Å². The molecule has 0 fully saturated rings. The van der Waals surface area contributed by atoms with Gasteiger partial charge in [-0.3, -0.25) is 4.90 Å². The van der Waals surface area contributed by atoms with Crippen LogP contribution in [0.2, 0.25) is 0 Å². The molecule has 0 spiro atoms. The molecular weight excluding hydrogens is 260 g/mol. The number of nitrogens with zero attached hydrogens (tertiary/aromatic N) is 1. The van der Waals surface area contributed by atoms with Gasteiger partial charge in [-0.2, -0.15) is 0 Å². The Morgan fingerprint density at radius 2 is 2.25 bits per heavy atom. The number of carbonyl (C=O) groups excluding carboxylic acids is 1. The maximum absolute atomic E-state index is 12.0. The van der Waals surface area contributed by atoms with E-state index in [1.165, 1.54) is 6.07 Å². The Balaban J connectivity index is 2.00. The second kappa shape index (κ2) is 6.38. The number of ether oxygens (including phenoxy) is 1. The number of fused-ring (bicyclic) bond motifs is 1. The second-order valence-corrected chi connectivity index (χ2v) is 4.48. The highest BCUT2D eigenvalue weighted by Gasteiger charge is 2.25. The molecule has 1 aliphatic heterocycles. The largest absolute Gasteiger partial charge is 0.478 e. The molecular formula is C14H18N2O4. The molecule has 2 N–H and O–H groups in total. The molecule has 0 unspecified atom stereocenters. The topological polar surface area (TPSA) is 78.9 Å². The first kappa shape index (κ1) is 14.3. The quantitative estimate of drug-likeness (QED) is 0.800. The summed E-state index contributed by atoms with van der Waals surface area (Å²) in [5.74, 6) is -0.951. The van der Waals surface area contributed by atoms with E-state index in [0.29, 0.717) is 32.7 Å². The lowest BCUT2D eigenvalue weighted by Gasteiger charge is -2.18. The minimum Gasteiger partial charge on any atom is -0.478 e. The van der Waals surface area contributed by atoms with Crippen LogP contribution in [0.4, 0.5) is 10.5 Å². The van der Waals surface area contributed by atoms with E-state index in [4.69, 9.17) is 9.84 Å². The zero-order valence-electron chi connectivity index (χ0n) is 11.4. The van der Waals surface area contributed by atoms with Gasteiger partial charge in [-0.25, -0.2) is 9.59 Å². The van der Waals surface area contributed by atoms with Crippen molar-refractivity contribution in [1.82, 2.24) is 5.32 Å². The zero-order chi connectivity index (χ0) is 14.5. The number of carboxylic acid groups (broad SMARTS) is 1. The van der Waals surface area contributed by atoms with Crippen LogP contribution in [0.1, 0.15) is 22.8 Å². The zero-order valence-corrected chi connectivity index (χ0v) is 11.4. The van der Waals surface area contributed by atoms with Gasteiger partial charge < -0.3 is 15.2 Å². The van der Waals surface area contributed by atoms with Gasteiger partial charge in [-0.05, 0) is 37.1 Å². The number of aromatic carboxylic acids is 1. The molecule has 0 aliphatic carbocycles. The van der Waals surface area contributed by atoms with Crippen LogP contribution in [0.25, 0.3) is 0 Å². The Morgan fingerprint density at radius 3 is 2.95 bits per heavy atom. The molecule has 1 aromatic rings. The van der Waals surface area contributed by atoms with Crippen LogP contribution in [0, 0.1) is 0 Å². The van der Waals surface area contributed by atoms with Gasteiger partial charge in [0.1, 0.15) is 0 Å². The predicted molar refractivity (Wildman–Crippen MR) is 74.3 cm³/mol. The van der Waals surface area contributed by atoms with Crippen LogP contribution in [0.3, 0.4) is 0 Å². The minimum atomic E-state index is -0.951. The molecule has 2 amide bonds. The highest BCUT2D eigenvalue weighted by Crippen LogP contribution is 2.28. The summed E-state index contributed by atoms with van der Waals surface area (Å²) >= 11 is 0. The summed E-state index contributed by atoms with van der Waals surface area (Å²) in [5.41, 5.74) is 1.93. The molecule has 2 rings (SSSR count). The fraction of sp³-hybridized carbons (Fsp3) is 0.429. The van der Waals surface area contributed by atoms with Crippen molar-refractivity contribution in [2.24, 2.45) is 0 Å². The maximum Gasteiger partial charge on any atom is 0.335 e. The lowest BCUT2D eigenvalue weighted by atomic mass is 10.1. The van der Waals surface area contributed by atoms with E-state index in [2.05, 4.69) is 5.32 Å². The fourth-order valence-corrected chi connectivity index (χ4v) is 2.22. The first-order chi connectivity index (χ1) is 9.63. The van der Waals surface area contributed by atoms with Gasteiger partial charge in [0.05, 0.1) is 12.2 Å². The molecule has 0 radical (unpaired) electrons. The van der Waals surface area contributed by atoms with E-state index >= 15 is 0 Å². The number of benzene rings is 1. The lowest BCUT2D eigenvalue weighted by Crippen LogP contribution is -2.40. The van der Waals surface area contributed by atoms with Gasteiger partial charge in [0.25, 0.3) is 0 Å². The van der Waals surface area contributed by atoms with E-state index < -0.39 is 5.97 Å². The van der Waals surface area contributed by atoms with Crippen LogP contribution in [0.15, 0.2) is 18.2 Å². The number of hydrogen-bond donors (Lipinski definition) is 2. The fourth-order valence-electron chi connectivity index (χ4n) is 2.22. The van der Waals surface area contributed by atoms with Crippen molar-refractivity contribution < 1.29 is 19.4 Å². The summed E-state index contributed by atoms with van der Waals surface area (Å²) in [6, 6.07) is 4.66. The standard InChI is InChI=1S/C14H18N2O4/c1-2-20-8-6-15-14(19)16-7-5-10-9-11(13(17)18)3-4-12(10)16/h3-4,9H,2,5-8H2,1H3,(H,15,19)(H,17,18). The van der Waals surface area contributed by atoms with Gasteiger partial charge in [-0.1, -0.05) is 0 Å². The van der Waals surface area contributed by atoms with Crippen molar-refractivity contribution in [1.29, 1.82) is 0 Å². The Bertz CT molecular complexity index is 516. The van der Waals surface area contributed by atoms with E-state index in [0.717, 1.165) is 11.3 Å². The molecule has 20 heavy (non-hydrogen) atoms. The van der Waals surface area contributed by atoms with Crippen LogP contribution in [-0.4, -0.2) is 43.4 Å². The number of amides is 2. The number of urea groups is 1. The molecule has 1 aliphatic rings. The van der Waals surface area contributed by atoms with E-state index in [-0.39, 0.29) is 11.6 Å². The van der Waals surface area contributed by atoms with Gasteiger partial charge in [0, 0.05) is 25.4 Å². The average molecular weight is 278 g/mol. The number of rotatable bonds is 5. The number of carbonyl (C=O) groups is 2. The van der Waals surface area contributed by atoms with Crippen molar-refractivity contribution >= 4 is 17.7 Å². The third kappa shape index (κ3) is 3.08. The lowest BCUT2D eigenvalue weighted by molar-refractivity contribution is 0.0697. The molecule has 0 atom stereocenters. The summed E-state index contributed by atoms with van der Waals surface area (Å²) < 4.78 is 5.16. The van der Waals surface area contributed by atoms with Crippen molar-refractivity contribution in [2.45, 2.75) is 13.3 Å². The number of anilines is 1. The molecule has 6 nitrogen and oxygen atoms in total. The first-order valence-electron chi connectivity index (χ1n) is 6.62. The molecule has 0 saturated carbocycles. The molecule has 108 valence electrons. The average Bonchev–Trinajstić information content (AvgIpc) is 2.86. The van der Waals surface area contributed by atoms with E-state index in [9.17, 15) is 9.59 Å². The third-order valence-corrected chi connectivity index (χ3v) is 3.19. The van der Waals surface area contributed by atoms with E-state index in [1.54, 1.807) is 17.0 Å². The van der Waals surface area contributed by atoms with E-state index in [1.807, 2.05) is 6.92 Å². The Morgan fingerprint density at radius 1 is 1.45 bits per heavy atom. The number of carboxylic acids is 1. The summed E-state index contributed by atoms with van der Waals surface area (Å²) in [4.78, 5) is 24.6. The molecule has 0 bridgehead atoms. The van der Waals surface area contributed by atoms with Gasteiger partial charge in [0.2, 0.25) is 0 Å². The van der Waals surface area contributed by atoms with Crippen molar-refractivity contribution in [3.8, 4) is 0 Å². The molecule has 1 heterocycles. The monoisotopic (exact) mass is 278 g/mol. The smallest absolute Gasteiger partial charge is 0.335 e. The maximum atomic E-state index is 12.0. The van der Waals surface area contributed by atoms with Crippen molar-refractivity contribution in [3.63, 3.8) is 0 Å². The minimum absolute atomic E-state index is 0.175. The Kier molecular flexibility index (Phi) is 4.57. The predicted octanol–water partition coefficient (Wildman–Crippen LogP) is 1.49. The van der Waals surface area contributed by atoms with Gasteiger partial charge in [-0.15, -0.1) is 0 Å². The summed E-state index contributed by atoms with van der Waals surface area (Å²) in [5, 5.41) is 11.7. The van der Waals surface area contributed by atoms with Crippen molar-refractivity contribution in [3.05, 3.63) is 29.3 Å². The number of hydrogen-bond acceptors (Lipinski definition) is 3. The van der Waals surface area contributed by atoms with Crippen molar-refractivity contribution in [2.75, 3.05) is 31.2 Å². The van der Waals surface area contributed by atoms with Gasteiger partial charge in [0.15, 0.2) is 0 Å². The normalized spacial score (nSPS) is 13.2. The summed E-state index contributed by atoms with van der Waals surface area (Å²) in [7, 11) is 0. The molecule has 0 aromatic heterocycles. The summed E-state index contributed by atoms with van der Waals surface area (Å²) in [6.07, 6.45) is 0.676. The second-order valence-electron chi connectivity index (χ2n) is 4.48. The Labute approximate surface area is 117 Å². The Hall–Kier alpha value is -2.08. The third-order valence-electron chi connectivity index (χ3n) is 3.19. The summed E-state index contributed by atoms with van der Waals surface area (Å²) in [6.45, 7) is 4.05. The SMILES string of the molecule is CCOCCNC(=O)N1CCc2cc(C(=O)O)ccc21. The molecule has 6 heteroatoms.